The van der Waals surface area contributed by atoms with Crippen LogP contribution in [0.4, 0.5) is 0 Å². The number of aromatic nitrogens is 1. The molecule has 0 radical (unpaired) electrons. The third-order valence-electron chi connectivity index (χ3n) is 4.33. The highest BCUT2D eigenvalue weighted by atomic mass is 127. The monoisotopic (exact) mass is 416 g/mol. The summed E-state index contributed by atoms with van der Waals surface area (Å²) in [5, 5.41) is 3.38. The summed E-state index contributed by atoms with van der Waals surface area (Å²) in [6, 6.07) is 4.62. The number of nitrogens with zero attached hydrogens (tertiary/aromatic N) is 2. The molecule has 1 atom stereocenters. The number of hydrogen-bond acceptors (Lipinski definition) is 2. The van der Waals surface area contributed by atoms with Gasteiger partial charge >= 0.3 is 0 Å². The van der Waals surface area contributed by atoms with Crippen molar-refractivity contribution in [3.8, 4) is 0 Å². The lowest BCUT2D eigenvalue weighted by Crippen LogP contribution is -2.41. The van der Waals surface area contributed by atoms with Crippen LogP contribution in [-0.2, 0) is 0 Å². The zero-order valence-corrected chi connectivity index (χ0v) is 16.0. The maximum absolute atomic E-state index is 6.05. The van der Waals surface area contributed by atoms with E-state index in [1.165, 1.54) is 37.7 Å². The number of guanidine groups is 1. The normalized spacial score (nSPS) is 17.9. The molecule has 1 heterocycles. The highest BCUT2D eigenvalue weighted by Gasteiger charge is 2.17. The van der Waals surface area contributed by atoms with Crippen molar-refractivity contribution < 1.29 is 0 Å². The molecule has 4 nitrogen and oxygen atoms in total. The van der Waals surface area contributed by atoms with E-state index in [2.05, 4.69) is 35.2 Å². The van der Waals surface area contributed by atoms with Crippen LogP contribution in [0.1, 0.15) is 57.4 Å². The quantitative estimate of drug-likeness (QED) is 0.437. The Hall–Kier alpha value is -0.850. The molecule has 22 heavy (non-hydrogen) atoms. The van der Waals surface area contributed by atoms with Crippen LogP contribution in [0.2, 0.25) is 0 Å². The zero-order valence-electron chi connectivity index (χ0n) is 13.7. The number of aliphatic imine (C=N–C) groups is 1. The second kappa shape index (κ2) is 10.0. The minimum atomic E-state index is 0. The maximum Gasteiger partial charge on any atom is 0.188 e. The fourth-order valence-electron chi connectivity index (χ4n) is 2.99. The molecule has 0 aliphatic heterocycles. The van der Waals surface area contributed by atoms with Gasteiger partial charge in [0.25, 0.3) is 0 Å². The summed E-state index contributed by atoms with van der Waals surface area (Å²) in [6.45, 7) is 5.16. The molecule has 3 N–H and O–H groups in total. The molecular formula is C17H29IN4. The maximum atomic E-state index is 6.05. The summed E-state index contributed by atoms with van der Waals surface area (Å²) in [6.07, 6.45) is 10.1. The smallest absolute Gasteiger partial charge is 0.188 e. The van der Waals surface area contributed by atoms with E-state index in [0.29, 0.717) is 23.8 Å². The lowest BCUT2D eigenvalue weighted by Gasteiger charge is -2.24. The first-order valence-corrected chi connectivity index (χ1v) is 8.13. The van der Waals surface area contributed by atoms with Crippen molar-refractivity contribution in [1.82, 2.24) is 10.3 Å². The van der Waals surface area contributed by atoms with Crippen molar-refractivity contribution in [2.45, 2.75) is 57.9 Å². The van der Waals surface area contributed by atoms with E-state index in [1.54, 1.807) is 0 Å². The molecule has 1 fully saturated rings. The lowest BCUT2D eigenvalue weighted by molar-refractivity contribution is 0.411. The van der Waals surface area contributed by atoms with Gasteiger partial charge in [-0.1, -0.05) is 39.2 Å². The Morgan fingerprint density at radius 3 is 2.68 bits per heavy atom. The number of nitrogens with two attached hydrogens (primary N) is 1. The van der Waals surface area contributed by atoms with E-state index in [0.717, 1.165) is 6.54 Å². The van der Waals surface area contributed by atoms with Crippen molar-refractivity contribution in [2.75, 3.05) is 6.54 Å². The van der Waals surface area contributed by atoms with Crippen LogP contribution in [0, 0.1) is 5.92 Å². The summed E-state index contributed by atoms with van der Waals surface area (Å²) < 4.78 is 0. The molecule has 124 valence electrons. The van der Waals surface area contributed by atoms with Gasteiger partial charge < -0.3 is 11.1 Å². The third kappa shape index (κ3) is 6.10. The summed E-state index contributed by atoms with van der Waals surface area (Å²) >= 11 is 0. The molecule has 0 aromatic carbocycles. The summed E-state index contributed by atoms with van der Waals surface area (Å²) in [5.41, 5.74) is 7.29. The first-order valence-electron chi connectivity index (χ1n) is 8.13. The number of hydrogen-bond donors (Lipinski definition) is 2. The molecule has 1 aromatic heterocycles. The highest BCUT2D eigenvalue weighted by molar-refractivity contribution is 14.0. The van der Waals surface area contributed by atoms with Crippen molar-refractivity contribution in [3.63, 3.8) is 0 Å². The fourth-order valence-corrected chi connectivity index (χ4v) is 2.99. The van der Waals surface area contributed by atoms with Gasteiger partial charge in [0.2, 0.25) is 0 Å². The highest BCUT2D eigenvalue weighted by Crippen LogP contribution is 2.24. The van der Waals surface area contributed by atoms with Gasteiger partial charge in [-0.25, -0.2) is 0 Å². The van der Waals surface area contributed by atoms with Gasteiger partial charge in [-0.2, -0.15) is 0 Å². The Kier molecular flexibility index (Phi) is 8.75. The zero-order chi connectivity index (χ0) is 15.1. The van der Waals surface area contributed by atoms with Crippen LogP contribution in [0.25, 0.3) is 0 Å². The Morgan fingerprint density at radius 2 is 2.09 bits per heavy atom. The van der Waals surface area contributed by atoms with Crippen LogP contribution < -0.4 is 11.1 Å². The Labute approximate surface area is 151 Å². The second-order valence-electron chi connectivity index (χ2n) is 6.34. The molecular weight excluding hydrogens is 387 g/mol. The van der Waals surface area contributed by atoms with Gasteiger partial charge in [-0.3, -0.25) is 9.98 Å². The van der Waals surface area contributed by atoms with E-state index >= 15 is 0 Å². The fraction of sp³-hybridized carbons (Fsp3) is 0.647. The average molecular weight is 416 g/mol. The molecule has 0 saturated heterocycles. The number of rotatable bonds is 5. The van der Waals surface area contributed by atoms with Gasteiger partial charge in [-0.05, 0) is 30.4 Å². The Morgan fingerprint density at radius 1 is 1.36 bits per heavy atom. The molecule has 1 unspecified atom stereocenters. The van der Waals surface area contributed by atoms with E-state index in [-0.39, 0.29) is 24.0 Å². The Balaban J connectivity index is 0.00000242. The summed E-state index contributed by atoms with van der Waals surface area (Å²) in [5.74, 6) is 1.47. The van der Waals surface area contributed by atoms with Crippen LogP contribution in [0.5, 0.6) is 0 Å². The molecule has 5 heteroatoms. The van der Waals surface area contributed by atoms with E-state index in [4.69, 9.17) is 5.73 Å². The van der Waals surface area contributed by atoms with Crippen LogP contribution in [0.3, 0.4) is 0 Å². The van der Waals surface area contributed by atoms with Crippen LogP contribution in [0.15, 0.2) is 29.5 Å². The average Bonchev–Trinajstić information content (AvgIpc) is 2.49. The predicted molar refractivity (Wildman–Crippen MR) is 104 cm³/mol. The van der Waals surface area contributed by atoms with E-state index in [9.17, 15) is 0 Å². The largest absolute Gasteiger partial charge is 0.370 e. The predicted octanol–water partition coefficient (Wildman–Crippen LogP) is 3.68. The molecule has 0 bridgehead atoms. The third-order valence-corrected chi connectivity index (χ3v) is 4.33. The summed E-state index contributed by atoms with van der Waals surface area (Å²) in [4.78, 5) is 8.79. The summed E-state index contributed by atoms with van der Waals surface area (Å²) in [7, 11) is 0. The molecule has 0 spiro atoms. The van der Waals surface area contributed by atoms with Crippen molar-refractivity contribution in [3.05, 3.63) is 30.1 Å². The van der Waals surface area contributed by atoms with Gasteiger partial charge in [-0.15, -0.1) is 24.0 Å². The van der Waals surface area contributed by atoms with Crippen LogP contribution in [-0.4, -0.2) is 23.5 Å². The first kappa shape index (κ1) is 19.2. The van der Waals surface area contributed by atoms with Crippen molar-refractivity contribution >= 4 is 29.9 Å². The topological polar surface area (TPSA) is 63.3 Å². The minimum absolute atomic E-state index is 0. The van der Waals surface area contributed by atoms with E-state index < -0.39 is 0 Å². The van der Waals surface area contributed by atoms with Crippen LogP contribution >= 0.6 is 24.0 Å². The first-order chi connectivity index (χ1) is 10.2. The molecule has 2 rings (SSSR count). The van der Waals surface area contributed by atoms with Gasteiger partial charge in [0, 0.05) is 30.9 Å². The SMILES string of the molecule is CC(C)C(CN=C(N)NC1CCCCC1)c1cccnc1.I. The molecule has 1 aromatic rings. The molecule has 1 aliphatic rings. The molecule has 1 aliphatic carbocycles. The number of pyridine rings is 1. The van der Waals surface area contributed by atoms with Gasteiger partial charge in [0.05, 0.1) is 0 Å². The number of nitrogens with one attached hydrogen (secondary N) is 1. The van der Waals surface area contributed by atoms with Crippen molar-refractivity contribution in [1.29, 1.82) is 0 Å². The van der Waals surface area contributed by atoms with E-state index in [1.807, 2.05) is 18.5 Å². The molecule has 1 saturated carbocycles. The standard InChI is InChI=1S/C17H28N4.HI/c1-13(2)16(14-7-6-10-19-11-14)12-20-17(18)21-15-8-4-3-5-9-15;/h6-7,10-11,13,15-16H,3-5,8-9,12H2,1-2H3,(H3,18,20,21);1H. The minimum Gasteiger partial charge on any atom is -0.370 e. The Bertz CT molecular complexity index is 441. The number of halogens is 1. The van der Waals surface area contributed by atoms with Crippen molar-refractivity contribution in [2.24, 2.45) is 16.6 Å². The second-order valence-corrected chi connectivity index (χ2v) is 6.34. The van der Waals surface area contributed by atoms with Gasteiger partial charge in [0.15, 0.2) is 5.96 Å². The molecule has 0 amide bonds. The lowest BCUT2D eigenvalue weighted by atomic mass is 9.89. The van der Waals surface area contributed by atoms with Gasteiger partial charge in [0.1, 0.15) is 0 Å².